The largest absolute Gasteiger partial charge is 0.393 e. The zero-order valence-electron chi connectivity index (χ0n) is 8.05. The van der Waals surface area contributed by atoms with Crippen LogP contribution in [0, 0.1) is 5.92 Å². The van der Waals surface area contributed by atoms with E-state index < -0.39 is 0 Å². The summed E-state index contributed by atoms with van der Waals surface area (Å²) in [5.41, 5.74) is 0. The van der Waals surface area contributed by atoms with Crippen molar-refractivity contribution >= 4 is 0 Å². The summed E-state index contributed by atoms with van der Waals surface area (Å²) in [5.74, 6) is 0.529. The third-order valence-corrected chi connectivity index (χ3v) is 2.73. The summed E-state index contributed by atoms with van der Waals surface area (Å²) in [6.07, 6.45) is 5.91. The lowest BCUT2D eigenvalue weighted by atomic mass is 10.1. The molecule has 2 nitrogen and oxygen atoms in total. The van der Waals surface area contributed by atoms with E-state index in [0.717, 1.165) is 19.5 Å². The Hall–Kier alpha value is -0.0800. The summed E-state index contributed by atoms with van der Waals surface area (Å²) in [5, 5.41) is 12.9. The van der Waals surface area contributed by atoms with Crippen LogP contribution in [0.5, 0.6) is 0 Å². The topological polar surface area (TPSA) is 32.3 Å². The molecule has 1 saturated carbocycles. The molecule has 72 valence electrons. The van der Waals surface area contributed by atoms with Crippen molar-refractivity contribution in [1.82, 2.24) is 5.32 Å². The van der Waals surface area contributed by atoms with Gasteiger partial charge in [0.1, 0.15) is 0 Å². The van der Waals surface area contributed by atoms with Gasteiger partial charge >= 0.3 is 0 Å². The van der Waals surface area contributed by atoms with E-state index in [0.29, 0.717) is 5.92 Å². The lowest BCUT2D eigenvalue weighted by Gasteiger charge is -2.14. The summed E-state index contributed by atoms with van der Waals surface area (Å²) in [6.45, 7) is 4.33. The Labute approximate surface area is 75.4 Å². The molecule has 12 heavy (non-hydrogen) atoms. The normalized spacial score (nSPS) is 29.5. The maximum atomic E-state index is 9.51. The molecule has 2 N–H and O–H groups in total. The molecule has 0 heterocycles. The Kier molecular flexibility index (Phi) is 4.62. The van der Waals surface area contributed by atoms with Crippen LogP contribution < -0.4 is 5.32 Å². The van der Waals surface area contributed by atoms with E-state index in [2.05, 4.69) is 12.2 Å². The molecule has 1 fully saturated rings. The minimum atomic E-state index is -0.0286. The average molecular weight is 171 g/mol. The van der Waals surface area contributed by atoms with Gasteiger partial charge in [-0.3, -0.25) is 0 Å². The van der Waals surface area contributed by atoms with Crippen molar-refractivity contribution in [2.24, 2.45) is 5.92 Å². The van der Waals surface area contributed by atoms with Crippen LogP contribution in [0.15, 0.2) is 0 Å². The van der Waals surface area contributed by atoms with E-state index in [1.165, 1.54) is 25.7 Å². The molecule has 0 saturated heterocycles. The van der Waals surface area contributed by atoms with Crippen molar-refractivity contribution in [3.8, 4) is 0 Å². The summed E-state index contributed by atoms with van der Waals surface area (Å²) in [7, 11) is 0. The van der Waals surface area contributed by atoms with Crippen molar-refractivity contribution in [2.75, 3.05) is 13.1 Å². The summed E-state index contributed by atoms with van der Waals surface area (Å²) in [4.78, 5) is 0. The highest BCUT2D eigenvalue weighted by molar-refractivity contribution is 4.77. The number of hydrogen-bond acceptors (Lipinski definition) is 2. The smallest absolute Gasteiger partial charge is 0.0580 e. The van der Waals surface area contributed by atoms with Crippen LogP contribution >= 0.6 is 0 Å². The lowest BCUT2D eigenvalue weighted by molar-refractivity contribution is 0.132. The molecule has 1 aliphatic rings. The van der Waals surface area contributed by atoms with Crippen LogP contribution in [-0.4, -0.2) is 24.3 Å². The summed E-state index contributed by atoms with van der Waals surface area (Å²) in [6, 6.07) is 0. The Balaban J connectivity index is 1.98. The first kappa shape index (κ1) is 10.0. The molecule has 1 aliphatic carbocycles. The number of nitrogens with one attached hydrogen (secondary N) is 1. The Morgan fingerprint density at radius 3 is 2.83 bits per heavy atom. The molecule has 0 radical (unpaired) electrons. The van der Waals surface area contributed by atoms with Crippen LogP contribution in [-0.2, 0) is 0 Å². The third kappa shape index (κ3) is 3.11. The van der Waals surface area contributed by atoms with E-state index in [4.69, 9.17) is 0 Å². The lowest BCUT2D eigenvalue weighted by Crippen LogP contribution is -2.28. The highest BCUT2D eigenvalue weighted by Gasteiger charge is 2.24. The third-order valence-electron chi connectivity index (χ3n) is 2.73. The molecular weight excluding hydrogens is 150 g/mol. The molecule has 2 heteroatoms. The van der Waals surface area contributed by atoms with Crippen LogP contribution in [0.25, 0.3) is 0 Å². The van der Waals surface area contributed by atoms with E-state index in [1.807, 2.05) is 0 Å². The van der Waals surface area contributed by atoms with Crippen molar-refractivity contribution < 1.29 is 5.11 Å². The minimum absolute atomic E-state index is 0.0286. The standard InChI is InChI=1S/C10H21NO/c1-2-3-7-11-8-9-5-4-6-10(9)12/h9-12H,2-8H2,1H3. The second-order valence-corrected chi connectivity index (χ2v) is 3.82. The minimum Gasteiger partial charge on any atom is -0.393 e. The zero-order valence-corrected chi connectivity index (χ0v) is 8.05. The van der Waals surface area contributed by atoms with Gasteiger partial charge in [-0.15, -0.1) is 0 Å². The zero-order chi connectivity index (χ0) is 8.81. The molecular formula is C10H21NO. The Bertz CT molecular complexity index is 116. The van der Waals surface area contributed by atoms with Gasteiger partial charge in [0.15, 0.2) is 0 Å². The molecule has 0 bridgehead atoms. The van der Waals surface area contributed by atoms with Gasteiger partial charge in [-0.25, -0.2) is 0 Å². The first-order valence-electron chi connectivity index (χ1n) is 5.23. The maximum absolute atomic E-state index is 9.51. The van der Waals surface area contributed by atoms with Crippen molar-refractivity contribution in [3.63, 3.8) is 0 Å². The van der Waals surface area contributed by atoms with Gasteiger partial charge in [0, 0.05) is 6.54 Å². The SMILES string of the molecule is CCCCNCC1CCCC1O. The van der Waals surface area contributed by atoms with E-state index in [1.54, 1.807) is 0 Å². The van der Waals surface area contributed by atoms with Crippen LogP contribution in [0.3, 0.4) is 0 Å². The molecule has 0 amide bonds. The van der Waals surface area contributed by atoms with Gasteiger partial charge in [0.25, 0.3) is 0 Å². The predicted octanol–water partition coefficient (Wildman–Crippen LogP) is 1.54. The van der Waals surface area contributed by atoms with Crippen molar-refractivity contribution in [2.45, 2.75) is 45.1 Å². The number of aliphatic hydroxyl groups excluding tert-OH is 1. The van der Waals surface area contributed by atoms with Gasteiger partial charge < -0.3 is 10.4 Å². The molecule has 0 aliphatic heterocycles. The summed E-state index contributed by atoms with van der Waals surface area (Å²) < 4.78 is 0. The Morgan fingerprint density at radius 2 is 2.25 bits per heavy atom. The Morgan fingerprint density at radius 1 is 1.42 bits per heavy atom. The van der Waals surface area contributed by atoms with Gasteiger partial charge in [0.05, 0.1) is 6.10 Å². The van der Waals surface area contributed by atoms with Crippen LogP contribution in [0.4, 0.5) is 0 Å². The van der Waals surface area contributed by atoms with E-state index >= 15 is 0 Å². The highest BCUT2D eigenvalue weighted by Crippen LogP contribution is 2.24. The second kappa shape index (κ2) is 5.55. The molecule has 0 aromatic rings. The number of hydrogen-bond donors (Lipinski definition) is 2. The van der Waals surface area contributed by atoms with Gasteiger partial charge in [-0.05, 0) is 31.7 Å². The second-order valence-electron chi connectivity index (χ2n) is 3.82. The van der Waals surface area contributed by atoms with Crippen LogP contribution in [0.2, 0.25) is 0 Å². The molecule has 1 rings (SSSR count). The number of aliphatic hydroxyl groups is 1. The molecule has 0 aromatic carbocycles. The van der Waals surface area contributed by atoms with Gasteiger partial charge in [-0.1, -0.05) is 19.8 Å². The fourth-order valence-corrected chi connectivity index (χ4v) is 1.84. The first-order chi connectivity index (χ1) is 5.84. The monoisotopic (exact) mass is 171 g/mol. The van der Waals surface area contributed by atoms with Crippen molar-refractivity contribution in [1.29, 1.82) is 0 Å². The van der Waals surface area contributed by atoms with Crippen molar-refractivity contribution in [3.05, 3.63) is 0 Å². The molecule has 2 atom stereocenters. The van der Waals surface area contributed by atoms with Gasteiger partial charge in [0.2, 0.25) is 0 Å². The molecule has 0 spiro atoms. The summed E-state index contributed by atoms with van der Waals surface area (Å²) >= 11 is 0. The fraction of sp³-hybridized carbons (Fsp3) is 1.00. The quantitative estimate of drug-likeness (QED) is 0.615. The maximum Gasteiger partial charge on any atom is 0.0580 e. The number of rotatable bonds is 5. The number of unbranched alkanes of at least 4 members (excludes halogenated alkanes) is 1. The first-order valence-corrected chi connectivity index (χ1v) is 5.23. The molecule has 0 aromatic heterocycles. The fourth-order valence-electron chi connectivity index (χ4n) is 1.84. The molecule has 2 unspecified atom stereocenters. The average Bonchev–Trinajstić information content (AvgIpc) is 2.46. The van der Waals surface area contributed by atoms with E-state index in [9.17, 15) is 5.11 Å². The van der Waals surface area contributed by atoms with Gasteiger partial charge in [-0.2, -0.15) is 0 Å². The highest BCUT2D eigenvalue weighted by atomic mass is 16.3. The predicted molar refractivity (Wildman–Crippen MR) is 51.1 cm³/mol. The van der Waals surface area contributed by atoms with E-state index in [-0.39, 0.29) is 6.10 Å². The van der Waals surface area contributed by atoms with Crippen LogP contribution in [0.1, 0.15) is 39.0 Å².